The summed E-state index contributed by atoms with van der Waals surface area (Å²) >= 11 is 10.4. The summed E-state index contributed by atoms with van der Waals surface area (Å²) in [5, 5.41) is 10.6. The molecule has 1 N–H and O–H groups in total. The predicted octanol–water partition coefficient (Wildman–Crippen LogP) is 5.35. The first-order valence-corrected chi connectivity index (χ1v) is 11.5. The third-order valence-electron chi connectivity index (χ3n) is 4.64. The van der Waals surface area contributed by atoms with E-state index in [9.17, 15) is 9.90 Å². The van der Waals surface area contributed by atoms with Gasteiger partial charge in [0.05, 0.1) is 18.7 Å². The standard InChI is InChI=1S/C16H21Br2NO2S2/c1-2-3-4-5-6-7-8-19-15(20)10-9-11(14(18)23-13(9)17)22-12(10)16(19)21/h10,12,15,20H,2-8H2,1H3. The molecular weight excluding hydrogens is 462 g/mol. The Kier molecular flexibility index (Phi) is 6.16. The summed E-state index contributed by atoms with van der Waals surface area (Å²) in [7, 11) is 0. The Balaban J connectivity index is 1.61. The normalized spacial score (nSPS) is 26.0. The third-order valence-corrected chi connectivity index (χ3v) is 9.02. The summed E-state index contributed by atoms with van der Waals surface area (Å²) < 4.78 is 2.09. The molecule has 2 aliphatic heterocycles. The number of thioether (sulfide) groups is 1. The van der Waals surface area contributed by atoms with Gasteiger partial charge >= 0.3 is 0 Å². The molecule has 3 atom stereocenters. The zero-order valence-electron chi connectivity index (χ0n) is 13.1. The van der Waals surface area contributed by atoms with Gasteiger partial charge in [-0.2, -0.15) is 0 Å². The Morgan fingerprint density at radius 3 is 2.57 bits per heavy atom. The lowest BCUT2D eigenvalue weighted by molar-refractivity contribution is -0.133. The minimum atomic E-state index is -0.685. The zero-order valence-corrected chi connectivity index (χ0v) is 17.9. The molecule has 3 rings (SSSR count). The van der Waals surface area contributed by atoms with E-state index >= 15 is 0 Å². The number of aliphatic hydroxyl groups excluding tert-OH is 1. The van der Waals surface area contributed by atoms with Gasteiger partial charge in [0.15, 0.2) is 0 Å². The molecule has 1 amide bonds. The molecule has 23 heavy (non-hydrogen) atoms. The van der Waals surface area contributed by atoms with Crippen LogP contribution in [0.15, 0.2) is 12.5 Å². The number of carbonyl (C=O) groups is 1. The fourth-order valence-electron chi connectivity index (χ4n) is 3.42. The second-order valence-corrected chi connectivity index (χ2v) is 11.0. The van der Waals surface area contributed by atoms with E-state index in [0.717, 1.165) is 30.9 Å². The van der Waals surface area contributed by atoms with Gasteiger partial charge in [0.2, 0.25) is 5.91 Å². The SMILES string of the molecule is CCCCCCCCN1C(=O)C2Sc3c(Br)sc(Br)c3C2C1O. The topological polar surface area (TPSA) is 40.5 Å². The van der Waals surface area contributed by atoms with Gasteiger partial charge in [0.1, 0.15) is 6.23 Å². The van der Waals surface area contributed by atoms with Crippen LogP contribution in [0.5, 0.6) is 0 Å². The fourth-order valence-corrected chi connectivity index (χ4v) is 8.54. The van der Waals surface area contributed by atoms with Crippen molar-refractivity contribution < 1.29 is 9.90 Å². The van der Waals surface area contributed by atoms with Gasteiger partial charge in [-0.25, -0.2) is 0 Å². The highest BCUT2D eigenvalue weighted by Crippen LogP contribution is 2.59. The van der Waals surface area contributed by atoms with E-state index in [1.807, 2.05) is 0 Å². The first-order chi connectivity index (χ1) is 11.1. The van der Waals surface area contributed by atoms with Crippen LogP contribution in [0.1, 0.15) is 56.9 Å². The van der Waals surface area contributed by atoms with Crippen molar-refractivity contribution in [1.29, 1.82) is 0 Å². The Bertz CT molecular complexity index is 593. The minimum absolute atomic E-state index is 0.0977. The molecule has 1 aromatic heterocycles. The summed E-state index contributed by atoms with van der Waals surface area (Å²) in [5.41, 5.74) is 1.11. The number of hydrogen-bond donors (Lipinski definition) is 1. The minimum Gasteiger partial charge on any atom is -0.373 e. The number of thiophene rings is 1. The zero-order chi connectivity index (χ0) is 16.6. The average molecular weight is 483 g/mol. The van der Waals surface area contributed by atoms with Gasteiger partial charge in [0, 0.05) is 17.0 Å². The summed E-state index contributed by atoms with van der Waals surface area (Å²) in [6.07, 6.45) is 6.46. The number of hydrogen-bond acceptors (Lipinski definition) is 4. The number of nitrogens with zero attached hydrogens (tertiary/aromatic N) is 1. The van der Waals surface area contributed by atoms with Crippen molar-refractivity contribution in [3.63, 3.8) is 0 Å². The second kappa shape index (κ2) is 7.77. The molecule has 3 nitrogen and oxygen atoms in total. The molecule has 3 heterocycles. The van der Waals surface area contributed by atoms with Crippen LogP contribution in [0.4, 0.5) is 0 Å². The lowest BCUT2D eigenvalue weighted by Gasteiger charge is -2.23. The van der Waals surface area contributed by atoms with Crippen molar-refractivity contribution in [2.45, 2.75) is 67.7 Å². The van der Waals surface area contributed by atoms with E-state index in [2.05, 4.69) is 38.8 Å². The fraction of sp³-hybridized carbons (Fsp3) is 0.688. The van der Waals surface area contributed by atoms with Gasteiger partial charge in [-0.3, -0.25) is 4.79 Å². The van der Waals surface area contributed by atoms with E-state index in [4.69, 9.17) is 0 Å². The van der Waals surface area contributed by atoms with E-state index < -0.39 is 6.23 Å². The quantitative estimate of drug-likeness (QED) is 0.532. The number of halogens is 2. The van der Waals surface area contributed by atoms with Crippen LogP contribution in [-0.4, -0.2) is 33.9 Å². The van der Waals surface area contributed by atoms with Gasteiger partial charge in [-0.15, -0.1) is 23.1 Å². The van der Waals surface area contributed by atoms with Crippen molar-refractivity contribution in [2.75, 3.05) is 6.54 Å². The van der Waals surface area contributed by atoms with Crippen LogP contribution in [-0.2, 0) is 4.79 Å². The molecule has 1 saturated heterocycles. The van der Waals surface area contributed by atoms with Crippen molar-refractivity contribution in [2.24, 2.45) is 0 Å². The van der Waals surface area contributed by atoms with Crippen LogP contribution in [0.3, 0.4) is 0 Å². The van der Waals surface area contributed by atoms with E-state index in [1.54, 1.807) is 28.0 Å². The Labute approximate surface area is 162 Å². The predicted molar refractivity (Wildman–Crippen MR) is 103 cm³/mol. The molecule has 0 radical (unpaired) electrons. The molecule has 1 fully saturated rings. The van der Waals surface area contributed by atoms with Crippen LogP contribution in [0, 0.1) is 0 Å². The molecule has 0 aliphatic carbocycles. The number of carbonyl (C=O) groups excluding carboxylic acids is 1. The number of rotatable bonds is 7. The molecule has 0 saturated carbocycles. The molecule has 0 bridgehead atoms. The van der Waals surface area contributed by atoms with Gasteiger partial charge in [-0.1, -0.05) is 39.0 Å². The maximum atomic E-state index is 12.7. The number of aliphatic hydroxyl groups is 1. The summed E-state index contributed by atoms with van der Waals surface area (Å²) in [5.74, 6) is 0.000532. The smallest absolute Gasteiger partial charge is 0.238 e. The highest BCUT2D eigenvalue weighted by molar-refractivity contribution is 9.12. The molecule has 1 aromatic rings. The molecule has 128 valence electrons. The molecule has 0 aromatic carbocycles. The average Bonchev–Trinajstić information content (AvgIpc) is 3.10. The molecule has 3 unspecified atom stereocenters. The molecule has 7 heteroatoms. The van der Waals surface area contributed by atoms with Crippen molar-refractivity contribution in [3.8, 4) is 0 Å². The second-order valence-electron chi connectivity index (χ2n) is 6.17. The maximum Gasteiger partial charge on any atom is 0.238 e. The first kappa shape index (κ1) is 18.2. The molecular formula is C16H21Br2NO2S2. The van der Waals surface area contributed by atoms with Gasteiger partial charge in [0.25, 0.3) is 0 Å². The Morgan fingerprint density at radius 1 is 1.13 bits per heavy atom. The number of likely N-dealkylation sites (tertiary alicyclic amines) is 1. The van der Waals surface area contributed by atoms with Crippen molar-refractivity contribution in [1.82, 2.24) is 4.90 Å². The van der Waals surface area contributed by atoms with Crippen LogP contribution in [0.25, 0.3) is 0 Å². The highest BCUT2D eigenvalue weighted by atomic mass is 79.9. The Hall–Kier alpha value is 0.440. The van der Waals surface area contributed by atoms with E-state index in [-0.39, 0.29) is 17.1 Å². The summed E-state index contributed by atoms with van der Waals surface area (Å²) in [6.45, 7) is 2.89. The largest absolute Gasteiger partial charge is 0.373 e. The highest BCUT2D eigenvalue weighted by Gasteiger charge is 2.54. The number of amides is 1. The Morgan fingerprint density at radius 2 is 1.83 bits per heavy atom. The molecule has 0 spiro atoms. The van der Waals surface area contributed by atoms with Crippen LogP contribution in [0.2, 0.25) is 0 Å². The van der Waals surface area contributed by atoms with Crippen LogP contribution >= 0.6 is 55.0 Å². The number of fused-ring (bicyclic) bond motifs is 3. The van der Waals surface area contributed by atoms with Crippen molar-refractivity contribution in [3.05, 3.63) is 13.1 Å². The molecule has 2 aliphatic rings. The third kappa shape index (κ3) is 3.41. The van der Waals surface area contributed by atoms with Crippen molar-refractivity contribution >= 4 is 60.9 Å². The number of unbranched alkanes of at least 4 members (excludes halogenated alkanes) is 5. The van der Waals surface area contributed by atoms with Crippen LogP contribution < -0.4 is 0 Å². The summed E-state index contributed by atoms with van der Waals surface area (Å²) in [4.78, 5) is 15.5. The van der Waals surface area contributed by atoms with E-state index in [1.165, 1.54) is 25.7 Å². The van der Waals surface area contributed by atoms with Gasteiger partial charge in [-0.05, 0) is 38.3 Å². The lowest BCUT2D eigenvalue weighted by Crippen LogP contribution is -2.36. The first-order valence-electron chi connectivity index (χ1n) is 8.19. The lowest BCUT2D eigenvalue weighted by atomic mass is 10.00. The van der Waals surface area contributed by atoms with E-state index in [0.29, 0.717) is 6.54 Å². The monoisotopic (exact) mass is 481 g/mol. The van der Waals surface area contributed by atoms with Gasteiger partial charge < -0.3 is 10.0 Å². The summed E-state index contributed by atoms with van der Waals surface area (Å²) in [6, 6.07) is 0. The maximum absolute atomic E-state index is 12.7.